The van der Waals surface area contributed by atoms with Crippen LogP contribution in [0.2, 0.25) is 0 Å². The average Bonchev–Trinajstić information content (AvgIpc) is 2.77. The quantitative estimate of drug-likeness (QED) is 0.477. The maximum absolute atomic E-state index is 12.0. The molecule has 2 bridgehead atoms. The summed E-state index contributed by atoms with van der Waals surface area (Å²) in [6.07, 6.45) is 12.3. The van der Waals surface area contributed by atoms with E-state index in [4.69, 9.17) is 4.99 Å². The van der Waals surface area contributed by atoms with Crippen molar-refractivity contribution < 1.29 is 0 Å². The van der Waals surface area contributed by atoms with E-state index in [9.17, 15) is 4.79 Å². The third-order valence-electron chi connectivity index (χ3n) is 6.75. The van der Waals surface area contributed by atoms with E-state index >= 15 is 0 Å². The van der Waals surface area contributed by atoms with Crippen LogP contribution in [0.25, 0.3) is 6.08 Å². The Labute approximate surface area is 191 Å². The molecule has 2 atom stereocenters. The lowest BCUT2D eigenvalue weighted by molar-refractivity contribution is 0.413. The summed E-state index contributed by atoms with van der Waals surface area (Å²) in [5.74, 6) is 0.284. The SMILES string of the molecule is C/C=C1\[C@H]2C=C(C)C[C@]1(N=C/C=C/c1cccc(N(CC)CC)c1)c1ccc(=O)[nH]c1C2. The molecule has 1 aromatic carbocycles. The molecule has 0 saturated carbocycles. The molecule has 166 valence electrons. The Morgan fingerprint density at radius 1 is 1.22 bits per heavy atom. The predicted octanol–water partition coefficient (Wildman–Crippen LogP) is 5.67. The monoisotopic (exact) mass is 427 g/mol. The summed E-state index contributed by atoms with van der Waals surface area (Å²) in [4.78, 5) is 22.6. The van der Waals surface area contributed by atoms with Gasteiger partial charge in [-0.3, -0.25) is 9.79 Å². The van der Waals surface area contributed by atoms with Crippen LogP contribution >= 0.6 is 0 Å². The van der Waals surface area contributed by atoms with Gasteiger partial charge in [0.15, 0.2) is 0 Å². The van der Waals surface area contributed by atoms with Crippen LogP contribution in [0.5, 0.6) is 0 Å². The van der Waals surface area contributed by atoms with Crippen molar-refractivity contribution in [2.45, 2.75) is 46.1 Å². The third-order valence-corrected chi connectivity index (χ3v) is 6.75. The highest BCUT2D eigenvalue weighted by molar-refractivity contribution is 5.80. The fourth-order valence-corrected chi connectivity index (χ4v) is 5.39. The summed E-state index contributed by atoms with van der Waals surface area (Å²) in [5, 5.41) is 0. The van der Waals surface area contributed by atoms with E-state index in [1.807, 2.05) is 18.4 Å². The zero-order valence-electron chi connectivity index (χ0n) is 19.6. The number of hydrogen-bond donors (Lipinski definition) is 1. The summed E-state index contributed by atoms with van der Waals surface area (Å²) >= 11 is 0. The highest BCUT2D eigenvalue weighted by Crippen LogP contribution is 2.51. The van der Waals surface area contributed by atoms with Crippen LogP contribution in [0, 0.1) is 5.92 Å². The Bertz CT molecular complexity index is 1160. The first-order valence-electron chi connectivity index (χ1n) is 11.6. The minimum Gasteiger partial charge on any atom is -0.372 e. The largest absolute Gasteiger partial charge is 0.372 e. The van der Waals surface area contributed by atoms with Crippen molar-refractivity contribution in [1.82, 2.24) is 4.98 Å². The summed E-state index contributed by atoms with van der Waals surface area (Å²) < 4.78 is 0. The van der Waals surface area contributed by atoms with E-state index in [-0.39, 0.29) is 11.5 Å². The molecule has 2 aliphatic rings. The standard InChI is InChI=1S/C28H33N3O/c1-5-24-22-16-20(4)19-28(24,25-13-14-27(32)30-26(25)18-22)29-15-9-11-21-10-8-12-23(17-21)31(6-2)7-3/h5,8-17,22H,6-7,18-19H2,1-4H3,(H,30,32)/b11-9+,24-5+,29-15?/t22-,28+/m0/s1. The second-order valence-electron chi connectivity index (χ2n) is 8.72. The lowest BCUT2D eigenvalue weighted by atomic mass is 9.63. The number of benzene rings is 1. The van der Waals surface area contributed by atoms with E-state index < -0.39 is 5.54 Å². The molecule has 4 nitrogen and oxygen atoms in total. The second-order valence-corrected chi connectivity index (χ2v) is 8.72. The van der Waals surface area contributed by atoms with E-state index in [2.05, 4.69) is 80.1 Å². The number of hydrogen-bond acceptors (Lipinski definition) is 3. The lowest BCUT2D eigenvalue weighted by Gasteiger charge is -2.45. The molecule has 1 aromatic heterocycles. The van der Waals surface area contributed by atoms with E-state index in [1.54, 1.807) is 6.07 Å². The lowest BCUT2D eigenvalue weighted by Crippen LogP contribution is -2.40. The molecule has 1 heterocycles. The summed E-state index contributed by atoms with van der Waals surface area (Å²) in [7, 11) is 0. The number of allylic oxidation sites excluding steroid dienone is 3. The van der Waals surface area contributed by atoms with Crippen molar-refractivity contribution in [2.24, 2.45) is 10.9 Å². The number of aromatic amines is 1. The first-order valence-corrected chi connectivity index (χ1v) is 11.6. The molecule has 0 unspecified atom stereocenters. The fraction of sp³-hybridized carbons (Fsp3) is 0.357. The van der Waals surface area contributed by atoms with Crippen LogP contribution in [0.15, 0.2) is 75.6 Å². The van der Waals surface area contributed by atoms with Crippen LogP contribution in [-0.4, -0.2) is 24.3 Å². The van der Waals surface area contributed by atoms with Gasteiger partial charge < -0.3 is 9.88 Å². The molecule has 0 spiro atoms. The molecule has 4 rings (SSSR count). The van der Waals surface area contributed by atoms with Gasteiger partial charge in [0.05, 0.1) is 0 Å². The average molecular weight is 428 g/mol. The van der Waals surface area contributed by atoms with Gasteiger partial charge in [0.1, 0.15) is 5.54 Å². The van der Waals surface area contributed by atoms with Crippen molar-refractivity contribution in [3.8, 4) is 0 Å². The van der Waals surface area contributed by atoms with Gasteiger partial charge in [-0.25, -0.2) is 0 Å². The number of pyridine rings is 1. The molecule has 0 fully saturated rings. The van der Waals surface area contributed by atoms with Crippen LogP contribution in [-0.2, 0) is 12.0 Å². The minimum atomic E-state index is -0.441. The van der Waals surface area contributed by atoms with Crippen molar-refractivity contribution in [3.05, 3.63) is 92.9 Å². The number of anilines is 1. The zero-order chi connectivity index (χ0) is 22.7. The van der Waals surface area contributed by atoms with Crippen LogP contribution in [0.4, 0.5) is 5.69 Å². The first-order chi connectivity index (χ1) is 15.5. The number of nitrogens with zero attached hydrogens (tertiary/aromatic N) is 2. The molecule has 1 N–H and O–H groups in total. The van der Waals surface area contributed by atoms with Gasteiger partial charge in [-0.15, -0.1) is 0 Å². The molecule has 0 radical (unpaired) electrons. The molecule has 4 heteroatoms. The summed E-state index contributed by atoms with van der Waals surface area (Å²) in [5.41, 5.74) is 6.75. The van der Waals surface area contributed by atoms with Gasteiger partial charge in [-0.2, -0.15) is 0 Å². The highest BCUT2D eigenvalue weighted by Gasteiger charge is 2.46. The number of fused-ring (bicyclic) bond motifs is 4. The van der Waals surface area contributed by atoms with Crippen molar-refractivity contribution >= 4 is 18.0 Å². The Morgan fingerprint density at radius 3 is 2.78 bits per heavy atom. The van der Waals surface area contributed by atoms with Gasteiger partial charge in [0.2, 0.25) is 5.56 Å². The predicted molar refractivity (Wildman–Crippen MR) is 136 cm³/mol. The van der Waals surface area contributed by atoms with Gasteiger partial charge in [0, 0.05) is 54.7 Å². The molecule has 2 aliphatic carbocycles. The number of aromatic nitrogens is 1. The van der Waals surface area contributed by atoms with Crippen LogP contribution in [0.1, 0.15) is 50.9 Å². The number of nitrogens with one attached hydrogen (secondary N) is 1. The second kappa shape index (κ2) is 9.15. The third kappa shape index (κ3) is 4.02. The maximum Gasteiger partial charge on any atom is 0.248 e. The Hall–Kier alpha value is -3.14. The smallest absolute Gasteiger partial charge is 0.248 e. The zero-order valence-corrected chi connectivity index (χ0v) is 19.6. The number of H-pyrrole nitrogens is 1. The fourth-order valence-electron chi connectivity index (χ4n) is 5.39. The van der Waals surface area contributed by atoms with E-state index in [0.717, 1.165) is 42.8 Å². The highest BCUT2D eigenvalue weighted by atomic mass is 16.1. The topological polar surface area (TPSA) is 48.5 Å². The molecular weight excluding hydrogens is 394 g/mol. The molecule has 0 amide bonds. The normalized spacial score (nSPS) is 23.6. The van der Waals surface area contributed by atoms with Gasteiger partial charge in [0.25, 0.3) is 0 Å². The molecule has 0 aliphatic heterocycles. The molecular formula is C28H33N3O. The molecule has 0 saturated heterocycles. The Morgan fingerprint density at radius 2 is 2.03 bits per heavy atom. The Balaban J connectivity index is 1.69. The van der Waals surface area contributed by atoms with Crippen LogP contribution < -0.4 is 10.5 Å². The molecule has 32 heavy (non-hydrogen) atoms. The maximum atomic E-state index is 12.0. The van der Waals surface area contributed by atoms with Crippen molar-refractivity contribution in [2.75, 3.05) is 18.0 Å². The van der Waals surface area contributed by atoms with E-state index in [1.165, 1.54) is 16.8 Å². The summed E-state index contributed by atoms with van der Waals surface area (Å²) in [6.45, 7) is 10.6. The van der Waals surface area contributed by atoms with Crippen molar-refractivity contribution in [1.29, 1.82) is 0 Å². The molecule has 2 aromatic rings. The summed E-state index contributed by atoms with van der Waals surface area (Å²) in [6, 6.07) is 12.2. The number of rotatable bonds is 6. The van der Waals surface area contributed by atoms with Crippen molar-refractivity contribution in [3.63, 3.8) is 0 Å². The minimum absolute atomic E-state index is 0.0430. The van der Waals surface area contributed by atoms with Gasteiger partial charge in [-0.05, 0) is 69.5 Å². The Kier molecular flexibility index (Phi) is 6.31. The van der Waals surface area contributed by atoms with E-state index in [0.29, 0.717) is 0 Å². The number of aliphatic imine (C=N–C) groups is 1. The first kappa shape index (κ1) is 22.1. The van der Waals surface area contributed by atoms with Crippen LogP contribution in [0.3, 0.4) is 0 Å². The van der Waals surface area contributed by atoms with Gasteiger partial charge >= 0.3 is 0 Å². The van der Waals surface area contributed by atoms with Gasteiger partial charge in [-0.1, -0.05) is 35.9 Å².